The van der Waals surface area contributed by atoms with Gasteiger partial charge in [-0.1, -0.05) is 127 Å². The van der Waals surface area contributed by atoms with Crippen LogP contribution in [0.4, 0.5) is 0 Å². The molecule has 0 saturated heterocycles. The van der Waals surface area contributed by atoms with Crippen molar-refractivity contribution in [3.8, 4) is 0 Å². The van der Waals surface area contributed by atoms with Crippen molar-refractivity contribution in [1.82, 2.24) is 0 Å². The minimum absolute atomic E-state index is 0.0702. The average Bonchev–Trinajstić information content (AvgIpc) is 2.91. The first kappa shape index (κ1) is 23.3. The van der Waals surface area contributed by atoms with Gasteiger partial charge in [-0.05, 0) is 41.2 Å². The number of hydrogen-bond donors (Lipinski definition) is 0. The molecule has 0 N–H and O–H groups in total. The predicted octanol–water partition coefficient (Wildman–Crippen LogP) is 7.52. The Balaban J connectivity index is 1.80. The molecule has 0 bridgehead atoms. The molecule has 34 heavy (non-hydrogen) atoms. The van der Waals surface area contributed by atoms with Gasteiger partial charge >= 0.3 is 5.97 Å². The quantitative estimate of drug-likeness (QED) is 0.249. The molecule has 0 aliphatic heterocycles. The van der Waals surface area contributed by atoms with Crippen molar-refractivity contribution in [2.75, 3.05) is 6.61 Å². The Hall–Kier alpha value is -3.91. The Labute approximate surface area is 202 Å². The molecule has 0 saturated carbocycles. The van der Waals surface area contributed by atoms with Crippen LogP contribution < -0.4 is 0 Å². The number of hydrogen-bond acceptors (Lipinski definition) is 2. The van der Waals surface area contributed by atoms with E-state index in [0.29, 0.717) is 13.0 Å². The molecule has 4 rings (SSSR count). The second-order valence-corrected chi connectivity index (χ2v) is 8.28. The molecule has 0 aromatic heterocycles. The molecular formula is C32H30O2. The van der Waals surface area contributed by atoms with E-state index in [9.17, 15) is 4.79 Å². The van der Waals surface area contributed by atoms with E-state index in [-0.39, 0.29) is 11.9 Å². The van der Waals surface area contributed by atoms with Crippen molar-refractivity contribution < 1.29 is 9.53 Å². The highest BCUT2D eigenvalue weighted by Gasteiger charge is 2.26. The van der Waals surface area contributed by atoms with Crippen molar-refractivity contribution in [1.29, 1.82) is 0 Å². The summed E-state index contributed by atoms with van der Waals surface area (Å²) in [7, 11) is 0. The van der Waals surface area contributed by atoms with Crippen LogP contribution in [0.15, 0.2) is 127 Å². The second-order valence-electron chi connectivity index (χ2n) is 8.28. The molecule has 170 valence electrons. The first-order valence-corrected chi connectivity index (χ1v) is 11.9. The summed E-state index contributed by atoms with van der Waals surface area (Å²) in [6.45, 7) is 2.22. The molecule has 1 atom stereocenters. The zero-order valence-electron chi connectivity index (χ0n) is 19.5. The summed E-state index contributed by atoms with van der Waals surface area (Å²) < 4.78 is 5.57. The summed E-state index contributed by atoms with van der Waals surface area (Å²) in [4.78, 5) is 13.3. The lowest BCUT2D eigenvalue weighted by molar-refractivity contribution is -0.146. The third kappa shape index (κ3) is 5.90. The molecule has 0 aliphatic rings. The maximum atomic E-state index is 13.3. The van der Waals surface area contributed by atoms with E-state index in [2.05, 4.69) is 78.9 Å². The molecule has 4 aromatic rings. The van der Waals surface area contributed by atoms with Crippen LogP contribution in [0.2, 0.25) is 0 Å². The minimum Gasteiger partial charge on any atom is -0.466 e. The highest BCUT2D eigenvalue weighted by atomic mass is 16.5. The Morgan fingerprint density at radius 2 is 1.09 bits per heavy atom. The van der Waals surface area contributed by atoms with E-state index >= 15 is 0 Å². The number of esters is 1. The number of carbonyl (C=O) groups excluding carboxylic acids is 1. The highest BCUT2D eigenvalue weighted by molar-refractivity contribution is 5.84. The Bertz CT molecular complexity index is 1100. The minimum atomic E-state index is -0.402. The molecule has 2 nitrogen and oxygen atoms in total. The third-order valence-electron chi connectivity index (χ3n) is 6.02. The van der Waals surface area contributed by atoms with Crippen LogP contribution in [0.3, 0.4) is 0 Å². The fourth-order valence-corrected chi connectivity index (χ4v) is 4.37. The highest BCUT2D eigenvalue weighted by Crippen LogP contribution is 2.34. The summed E-state index contributed by atoms with van der Waals surface area (Å²) in [6, 6.07) is 41.3. The number of benzene rings is 4. The van der Waals surface area contributed by atoms with Gasteiger partial charge in [0.05, 0.1) is 12.5 Å². The lowest BCUT2D eigenvalue weighted by Gasteiger charge is -2.23. The molecule has 0 heterocycles. The average molecular weight is 447 g/mol. The summed E-state index contributed by atoms with van der Waals surface area (Å²) in [5.74, 6) is -0.523. The van der Waals surface area contributed by atoms with E-state index in [1.165, 1.54) is 11.1 Å². The smallest absolute Gasteiger partial charge is 0.312 e. The predicted molar refractivity (Wildman–Crippen MR) is 139 cm³/mol. The maximum Gasteiger partial charge on any atom is 0.312 e. The Morgan fingerprint density at radius 3 is 1.50 bits per heavy atom. The van der Waals surface area contributed by atoms with Gasteiger partial charge in [-0.25, -0.2) is 0 Å². The van der Waals surface area contributed by atoms with E-state index in [1.807, 2.05) is 55.5 Å². The zero-order chi connectivity index (χ0) is 23.6. The standard InChI is InChI=1S/C32H30O2/c1-2-34-32(33)29(23-30(25-15-7-3-8-16-25)26-17-9-4-10-18-26)24-31(27-19-11-5-12-20-27)28-21-13-6-14-22-28/h3-23,29,31H,2,24H2,1H3. The zero-order valence-corrected chi connectivity index (χ0v) is 19.5. The van der Waals surface area contributed by atoms with Crippen LogP contribution in [0, 0.1) is 5.92 Å². The molecular weight excluding hydrogens is 416 g/mol. The molecule has 0 spiro atoms. The van der Waals surface area contributed by atoms with Crippen LogP contribution >= 0.6 is 0 Å². The van der Waals surface area contributed by atoms with Crippen molar-refractivity contribution in [3.05, 3.63) is 150 Å². The summed E-state index contributed by atoms with van der Waals surface area (Å²) in [6.07, 6.45) is 2.72. The normalized spacial score (nSPS) is 11.6. The molecule has 0 radical (unpaired) electrons. The monoisotopic (exact) mass is 446 g/mol. The number of rotatable bonds is 9. The van der Waals surface area contributed by atoms with Crippen LogP contribution in [0.5, 0.6) is 0 Å². The van der Waals surface area contributed by atoms with Gasteiger partial charge in [-0.3, -0.25) is 4.79 Å². The Morgan fingerprint density at radius 1 is 0.676 bits per heavy atom. The molecule has 4 aromatic carbocycles. The van der Waals surface area contributed by atoms with E-state index in [0.717, 1.165) is 16.7 Å². The third-order valence-corrected chi connectivity index (χ3v) is 6.02. The van der Waals surface area contributed by atoms with Gasteiger partial charge in [0.1, 0.15) is 0 Å². The van der Waals surface area contributed by atoms with Gasteiger partial charge in [0, 0.05) is 5.92 Å². The van der Waals surface area contributed by atoms with Crippen molar-refractivity contribution in [3.63, 3.8) is 0 Å². The first-order valence-electron chi connectivity index (χ1n) is 11.9. The number of carbonyl (C=O) groups is 1. The van der Waals surface area contributed by atoms with E-state index < -0.39 is 5.92 Å². The van der Waals surface area contributed by atoms with Crippen LogP contribution in [-0.4, -0.2) is 12.6 Å². The van der Waals surface area contributed by atoms with Gasteiger partial charge in [0.25, 0.3) is 0 Å². The summed E-state index contributed by atoms with van der Waals surface area (Å²) in [5, 5.41) is 0. The molecule has 0 amide bonds. The largest absolute Gasteiger partial charge is 0.466 e. The first-order chi connectivity index (χ1) is 16.8. The van der Waals surface area contributed by atoms with Crippen LogP contribution in [0.1, 0.15) is 41.5 Å². The SMILES string of the molecule is CCOC(=O)C(C=C(c1ccccc1)c1ccccc1)CC(c1ccccc1)c1ccccc1. The molecule has 0 aliphatic carbocycles. The van der Waals surface area contributed by atoms with Crippen molar-refractivity contribution in [2.24, 2.45) is 5.92 Å². The lowest BCUT2D eigenvalue weighted by Crippen LogP contribution is -2.20. The summed E-state index contributed by atoms with van der Waals surface area (Å²) in [5.41, 5.74) is 5.59. The van der Waals surface area contributed by atoms with Gasteiger partial charge < -0.3 is 4.74 Å². The van der Waals surface area contributed by atoms with Crippen molar-refractivity contribution in [2.45, 2.75) is 19.3 Å². The molecule has 2 heteroatoms. The number of ether oxygens (including phenoxy) is 1. The van der Waals surface area contributed by atoms with Gasteiger partial charge in [0.2, 0.25) is 0 Å². The van der Waals surface area contributed by atoms with Gasteiger partial charge in [0.15, 0.2) is 0 Å². The van der Waals surface area contributed by atoms with Crippen molar-refractivity contribution >= 4 is 11.5 Å². The molecule has 1 unspecified atom stereocenters. The maximum absolute atomic E-state index is 13.3. The summed E-state index contributed by atoms with van der Waals surface area (Å²) >= 11 is 0. The fourth-order valence-electron chi connectivity index (χ4n) is 4.37. The van der Waals surface area contributed by atoms with Gasteiger partial charge in [-0.2, -0.15) is 0 Å². The van der Waals surface area contributed by atoms with E-state index in [4.69, 9.17) is 4.74 Å². The topological polar surface area (TPSA) is 26.3 Å². The van der Waals surface area contributed by atoms with Gasteiger partial charge in [-0.15, -0.1) is 0 Å². The molecule has 0 fully saturated rings. The van der Waals surface area contributed by atoms with E-state index in [1.54, 1.807) is 0 Å². The second kappa shape index (κ2) is 11.8. The van der Waals surface area contributed by atoms with Crippen LogP contribution in [-0.2, 0) is 9.53 Å². The fraction of sp³-hybridized carbons (Fsp3) is 0.156. The Kier molecular flexibility index (Phi) is 8.08. The lowest BCUT2D eigenvalue weighted by atomic mass is 9.82. The van der Waals surface area contributed by atoms with Crippen LogP contribution in [0.25, 0.3) is 5.57 Å².